The smallest absolute Gasteiger partial charge is 0.234 e. The SMILES string of the molecule is FC(F)c1[c]ccc(Cl)n1. The molecule has 0 aliphatic carbocycles. The second-order valence-corrected chi connectivity index (χ2v) is 1.99. The van der Waals surface area contributed by atoms with E-state index in [1.807, 2.05) is 0 Å². The Balaban J connectivity index is 2.96. The van der Waals surface area contributed by atoms with E-state index in [-0.39, 0.29) is 5.15 Å². The zero-order valence-corrected chi connectivity index (χ0v) is 5.57. The number of halogens is 3. The van der Waals surface area contributed by atoms with E-state index in [0.29, 0.717) is 0 Å². The molecular weight excluding hydrogens is 160 g/mol. The van der Waals surface area contributed by atoms with Gasteiger partial charge in [-0.3, -0.25) is 0 Å². The number of hydrogen-bond acceptors (Lipinski definition) is 1. The van der Waals surface area contributed by atoms with E-state index >= 15 is 0 Å². The van der Waals surface area contributed by atoms with E-state index in [0.717, 1.165) is 0 Å². The minimum absolute atomic E-state index is 0.0639. The van der Waals surface area contributed by atoms with Gasteiger partial charge in [0.15, 0.2) is 0 Å². The number of alkyl halides is 2. The molecule has 0 aliphatic rings. The highest BCUT2D eigenvalue weighted by Gasteiger charge is 2.07. The lowest BCUT2D eigenvalue weighted by molar-refractivity contribution is 0.146. The molecule has 53 valence electrons. The van der Waals surface area contributed by atoms with E-state index < -0.39 is 12.1 Å². The molecule has 0 aliphatic heterocycles. The van der Waals surface area contributed by atoms with Gasteiger partial charge in [-0.25, -0.2) is 13.8 Å². The van der Waals surface area contributed by atoms with Gasteiger partial charge < -0.3 is 0 Å². The molecule has 1 aromatic heterocycles. The van der Waals surface area contributed by atoms with Gasteiger partial charge in [-0.05, 0) is 12.1 Å². The highest BCUT2D eigenvalue weighted by atomic mass is 35.5. The fourth-order valence-electron chi connectivity index (χ4n) is 0.492. The fraction of sp³-hybridized carbons (Fsp3) is 0.167. The molecule has 10 heavy (non-hydrogen) atoms. The predicted molar refractivity (Wildman–Crippen MR) is 33.0 cm³/mol. The Kier molecular flexibility index (Phi) is 2.17. The fourth-order valence-corrected chi connectivity index (χ4v) is 0.646. The van der Waals surface area contributed by atoms with E-state index in [2.05, 4.69) is 11.1 Å². The third kappa shape index (κ3) is 1.64. The topological polar surface area (TPSA) is 12.9 Å². The molecule has 1 heterocycles. The summed E-state index contributed by atoms with van der Waals surface area (Å²) in [6.07, 6.45) is -2.60. The summed E-state index contributed by atoms with van der Waals surface area (Å²) in [4.78, 5) is 3.33. The molecule has 0 saturated carbocycles. The maximum atomic E-state index is 11.8. The van der Waals surface area contributed by atoms with Crippen molar-refractivity contribution in [2.75, 3.05) is 0 Å². The van der Waals surface area contributed by atoms with Crippen LogP contribution in [0.1, 0.15) is 12.1 Å². The number of hydrogen-bond donors (Lipinski definition) is 0. The summed E-state index contributed by atoms with van der Waals surface area (Å²) in [5.74, 6) is 0. The molecule has 4 heteroatoms. The van der Waals surface area contributed by atoms with Gasteiger partial charge in [0.25, 0.3) is 6.43 Å². The van der Waals surface area contributed by atoms with Gasteiger partial charge in [-0.1, -0.05) is 11.6 Å². The second kappa shape index (κ2) is 2.92. The molecule has 0 amide bonds. The van der Waals surface area contributed by atoms with Gasteiger partial charge in [0.2, 0.25) is 0 Å². The summed E-state index contributed by atoms with van der Waals surface area (Å²) in [5.41, 5.74) is -0.410. The lowest BCUT2D eigenvalue weighted by atomic mass is 10.4. The maximum absolute atomic E-state index is 11.8. The molecule has 1 aromatic rings. The monoisotopic (exact) mass is 162 g/mol. The van der Waals surface area contributed by atoms with Crippen LogP contribution in [0.5, 0.6) is 0 Å². The first kappa shape index (κ1) is 7.41. The van der Waals surface area contributed by atoms with Crippen LogP contribution in [0.3, 0.4) is 0 Å². The highest BCUT2D eigenvalue weighted by molar-refractivity contribution is 6.29. The largest absolute Gasteiger partial charge is 0.281 e. The van der Waals surface area contributed by atoms with Crippen LogP contribution in [0.2, 0.25) is 5.15 Å². The maximum Gasteiger partial charge on any atom is 0.281 e. The second-order valence-electron chi connectivity index (χ2n) is 1.60. The summed E-state index contributed by atoms with van der Waals surface area (Å²) in [5, 5.41) is 0.0639. The predicted octanol–water partition coefficient (Wildman–Crippen LogP) is 2.47. The third-order valence-corrected chi connectivity index (χ3v) is 1.10. The molecule has 0 spiro atoms. The Labute approximate surface area is 61.7 Å². The first-order chi connectivity index (χ1) is 4.70. The van der Waals surface area contributed by atoms with Crippen LogP contribution in [-0.2, 0) is 0 Å². The van der Waals surface area contributed by atoms with Crippen molar-refractivity contribution in [3.05, 3.63) is 29.0 Å². The Bertz CT molecular complexity index is 227. The lowest BCUT2D eigenvalue weighted by Crippen LogP contribution is -1.88. The molecule has 0 bridgehead atoms. The van der Waals surface area contributed by atoms with Crippen molar-refractivity contribution >= 4 is 11.6 Å². The van der Waals surface area contributed by atoms with Crippen molar-refractivity contribution in [1.29, 1.82) is 0 Å². The van der Waals surface area contributed by atoms with Gasteiger partial charge in [0.1, 0.15) is 10.8 Å². The van der Waals surface area contributed by atoms with E-state index in [4.69, 9.17) is 11.6 Å². The molecule has 0 fully saturated rings. The normalized spacial score (nSPS) is 10.4. The number of pyridine rings is 1. The van der Waals surface area contributed by atoms with Gasteiger partial charge in [0.05, 0.1) is 0 Å². The molecule has 0 atom stereocenters. The van der Waals surface area contributed by atoms with Crippen LogP contribution in [0.4, 0.5) is 8.78 Å². The average Bonchev–Trinajstić information content (AvgIpc) is 1.88. The molecule has 0 saturated heterocycles. The minimum atomic E-state index is -2.60. The van der Waals surface area contributed by atoms with Crippen LogP contribution < -0.4 is 0 Å². The zero-order chi connectivity index (χ0) is 7.56. The Hall–Kier alpha value is -0.700. The van der Waals surface area contributed by atoms with Crippen molar-refractivity contribution in [1.82, 2.24) is 4.98 Å². The number of aromatic nitrogens is 1. The molecule has 0 unspecified atom stereocenters. The highest BCUT2D eigenvalue weighted by Crippen LogP contribution is 2.16. The molecule has 1 radical (unpaired) electrons. The zero-order valence-electron chi connectivity index (χ0n) is 4.81. The summed E-state index contributed by atoms with van der Waals surface area (Å²) in [6, 6.07) is 4.98. The standard InChI is InChI=1S/C6H3ClF2N/c7-5-3-1-2-4(10-5)6(8)9/h1,3,6H. The molecule has 0 aromatic carbocycles. The van der Waals surface area contributed by atoms with Crippen LogP contribution >= 0.6 is 11.6 Å². The van der Waals surface area contributed by atoms with Crippen molar-refractivity contribution in [3.63, 3.8) is 0 Å². The number of nitrogens with zero attached hydrogens (tertiary/aromatic N) is 1. The van der Waals surface area contributed by atoms with Gasteiger partial charge in [-0.2, -0.15) is 0 Å². The van der Waals surface area contributed by atoms with Crippen LogP contribution in [0, 0.1) is 6.07 Å². The summed E-state index contributed by atoms with van der Waals surface area (Å²) in [7, 11) is 0. The number of rotatable bonds is 1. The van der Waals surface area contributed by atoms with E-state index in [9.17, 15) is 8.78 Å². The van der Waals surface area contributed by atoms with Crippen molar-refractivity contribution in [2.45, 2.75) is 6.43 Å². The molecule has 1 nitrogen and oxygen atoms in total. The van der Waals surface area contributed by atoms with Crippen molar-refractivity contribution in [2.24, 2.45) is 0 Å². The Morgan fingerprint density at radius 1 is 1.60 bits per heavy atom. The average molecular weight is 163 g/mol. The van der Waals surface area contributed by atoms with Crippen LogP contribution in [0.25, 0.3) is 0 Å². The summed E-state index contributed by atoms with van der Waals surface area (Å²) >= 11 is 5.32. The van der Waals surface area contributed by atoms with Crippen LogP contribution in [-0.4, -0.2) is 4.98 Å². The minimum Gasteiger partial charge on any atom is -0.234 e. The third-order valence-electron chi connectivity index (χ3n) is 0.886. The quantitative estimate of drug-likeness (QED) is 0.578. The summed E-state index contributed by atoms with van der Waals surface area (Å²) < 4.78 is 23.6. The Morgan fingerprint density at radius 3 is 2.70 bits per heavy atom. The van der Waals surface area contributed by atoms with Gasteiger partial charge in [0, 0.05) is 6.07 Å². The van der Waals surface area contributed by atoms with Gasteiger partial charge >= 0.3 is 0 Å². The Morgan fingerprint density at radius 2 is 2.30 bits per heavy atom. The lowest BCUT2D eigenvalue weighted by Gasteiger charge is -1.95. The molecule has 0 N–H and O–H groups in total. The summed E-state index contributed by atoms with van der Waals surface area (Å²) in [6.45, 7) is 0. The molecule has 1 rings (SSSR count). The van der Waals surface area contributed by atoms with Gasteiger partial charge in [-0.15, -0.1) is 0 Å². The van der Waals surface area contributed by atoms with E-state index in [1.54, 1.807) is 0 Å². The first-order valence-corrected chi connectivity index (χ1v) is 2.90. The van der Waals surface area contributed by atoms with Crippen LogP contribution in [0.15, 0.2) is 12.1 Å². The van der Waals surface area contributed by atoms with Crippen molar-refractivity contribution < 1.29 is 8.78 Å². The first-order valence-electron chi connectivity index (χ1n) is 2.52. The van der Waals surface area contributed by atoms with Crippen molar-refractivity contribution in [3.8, 4) is 0 Å². The molecular formula is C6H3ClF2N. The van der Waals surface area contributed by atoms with E-state index in [1.165, 1.54) is 12.1 Å².